The van der Waals surface area contributed by atoms with Crippen LogP contribution in [0, 0.1) is 5.82 Å². The van der Waals surface area contributed by atoms with Crippen molar-refractivity contribution in [2.24, 2.45) is 0 Å². The summed E-state index contributed by atoms with van der Waals surface area (Å²) in [6.45, 7) is 4.35. The zero-order chi connectivity index (χ0) is 18.7. The van der Waals surface area contributed by atoms with Crippen LogP contribution in [0.1, 0.15) is 25.8 Å². The lowest BCUT2D eigenvalue weighted by atomic mass is 10.1. The minimum atomic E-state index is -0.556. The third-order valence-electron chi connectivity index (χ3n) is 4.18. The first-order valence-electron chi connectivity index (χ1n) is 8.64. The van der Waals surface area contributed by atoms with Crippen LogP contribution in [0.5, 0.6) is 5.75 Å². The van der Waals surface area contributed by atoms with Crippen molar-refractivity contribution >= 4 is 23.2 Å². The first kappa shape index (κ1) is 17.9. The van der Waals surface area contributed by atoms with Gasteiger partial charge < -0.3 is 15.0 Å². The van der Waals surface area contributed by atoms with Gasteiger partial charge in [0.15, 0.2) is 6.10 Å². The molecule has 3 rings (SSSR count). The fourth-order valence-electron chi connectivity index (χ4n) is 2.94. The standard InChI is InChI=1S/C20H21FN2O3/c1-3-10-23-17-9-8-16(12-18(17)26-13(2)20(23)25)22-19(24)11-14-4-6-15(21)7-5-14/h4-9,12-13H,3,10-11H2,1-2H3,(H,22,24). The molecule has 136 valence electrons. The van der Waals surface area contributed by atoms with E-state index in [0.29, 0.717) is 23.7 Å². The molecule has 2 aromatic rings. The Morgan fingerprint density at radius 2 is 1.96 bits per heavy atom. The van der Waals surface area contributed by atoms with Crippen LogP contribution in [0.3, 0.4) is 0 Å². The van der Waals surface area contributed by atoms with Crippen LogP contribution in [0.15, 0.2) is 42.5 Å². The summed E-state index contributed by atoms with van der Waals surface area (Å²) in [4.78, 5) is 26.2. The number of hydrogen-bond acceptors (Lipinski definition) is 3. The van der Waals surface area contributed by atoms with E-state index in [1.54, 1.807) is 42.2 Å². The maximum absolute atomic E-state index is 12.9. The van der Waals surface area contributed by atoms with Gasteiger partial charge in [0, 0.05) is 18.3 Å². The monoisotopic (exact) mass is 356 g/mol. The third-order valence-corrected chi connectivity index (χ3v) is 4.18. The zero-order valence-corrected chi connectivity index (χ0v) is 14.8. The molecule has 1 aliphatic rings. The van der Waals surface area contributed by atoms with Gasteiger partial charge in [0.1, 0.15) is 11.6 Å². The predicted octanol–water partition coefficient (Wildman–Crippen LogP) is 3.53. The van der Waals surface area contributed by atoms with Crippen LogP contribution in [-0.4, -0.2) is 24.5 Å². The van der Waals surface area contributed by atoms with Crippen LogP contribution < -0.4 is 15.0 Å². The first-order valence-corrected chi connectivity index (χ1v) is 8.64. The molecule has 0 saturated carbocycles. The fraction of sp³-hybridized carbons (Fsp3) is 0.300. The number of carbonyl (C=O) groups is 2. The molecule has 26 heavy (non-hydrogen) atoms. The molecule has 0 aromatic heterocycles. The molecule has 0 aliphatic carbocycles. The van der Waals surface area contributed by atoms with Crippen molar-refractivity contribution < 1.29 is 18.7 Å². The Labute approximate surface area is 151 Å². The van der Waals surface area contributed by atoms with E-state index in [4.69, 9.17) is 4.74 Å². The van der Waals surface area contributed by atoms with E-state index >= 15 is 0 Å². The van der Waals surface area contributed by atoms with E-state index in [1.165, 1.54) is 12.1 Å². The summed E-state index contributed by atoms with van der Waals surface area (Å²) >= 11 is 0. The third kappa shape index (κ3) is 3.85. The largest absolute Gasteiger partial charge is 0.479 e. The number of amides is 2. The second-order valence-corrected chi connectivity index (χ2v) is 6.28. The van der Waals surface area contributed by atoms with Gasteiger partial charge in [-0.25, -0.2) is 4.39 Å². The number of hydrogen-bond donors (Lipinski definition) is 1. The van der Waals surface area contributed by atoms with Crippen molar-refractivity contribution in [2.45, 2.75) is 32.8 Å². The molecule has 0 radical (unpaired) electrons. The number of fused-ring (bicyclic) bond motifs is 1. The number of carbonyl (C=O) groups excluding carboxylic acids is 2. The van der Waals surface area contributed by atoms with Gasteiger partial charge in [-0.1, -0.05) is 19.1 Å². The molecule has 1 aliphatic heterocycles. The summed E-state index contributed by atoms with van der Waals surface area (Å²) in [6.07, 6.45) is 0.433. The van der Waals surface area contributed by atoms with Gasteiger partial charge in [0.25, 0.3) is 5.91 Å². The number of nitrogens with one attached hydrogen (secondary N) is 1. The van der Waals surface area contributed by atoms with E-state index in [-0.39, 0.29) is 24.1 Å². The minimum absolute atomic E-state index is 0.0626. The van der Waals surface area contributed by atoms with Gasteiger partial charge in [-0.05, 0) is 43.2 Å². The SMILES string of the molecule is CCCN1C(=O)C(C)Oc2cc(NC(=O)Cc3ccc(F)cc3)ccc21. The maximum atomic E-state index is 12.9. The summed E-state index contributed by atoms with van der Waals surface area (Å²) in [5.41, 5.74) is 2.03. The molecule has 0 spiro atoms. The van der Waals surface area contributed by atoms with Crippen LogP contribution in [0.25, 0.3) is 0 Å². The molecule has 1 atom stereocenters. The Balaban J connectivity index is 1.74. The van der Waals surface area contributed by atoms with Crippen LogP contribution in [-0.2, 0) is 16.0 Å². The first-order chi connectivity index (χ1) is 12.5. The highest BCUT2D eigenvalue weighted by Crippen LogP contribution is 2.36. The Kier molecular flexibility index (Phi) is 5.21. The average molecular weight is 356 g/mol. The normalized spacial score (nSPS) is 16.0. The van der Waals surface area contributed by atoms with Gasteiger partial charge in [0.2, 0.25) is 5.91 Å². The number of nitrogens with zero attached hydrogens (tertiary/aromatic N) is 1. The van der Waals surface area contributed by atoms with Gasteiger partial charge in [-0.3, -0.25) is 9.59 Å². The number of rotatable bonds is 5. The molecular formula is C20H21FN2O3. The minimum Gasteiger partial charge on any atom is -0.479 e. The molecule has 0 saturated heterocycles. The smallest absolute Gasteiger partial charge is 0.267 e. The lowest BCUT2D eigenvalue weighted by molar-refractivity contribution is -0.125. The predicted molar refractivity (Wildman–Crippen MR) is 97.9 cm³/mol. The highest BCUT2D eigenvalue weighted by Gasteiger charge is 2.31. The summed E-state index contributed by atoms with van der Waals surface area (Å²) in [5, 5.41) is 2.81. The average Bonchev–Trinajstić information content (AvgIpc) is 2.61. The van der Waals surface area contributed by atoms with Crippen LogP contribution in [0.2, 0.25) is 0 Å². The second kappa shape index (κ2) is 7.56. The Bertz CT molecular complexity index is 820. The van der Waals surface area contributed by atoms with Crippen molar-refractivity contribution in [3.63, 3.8) is 0 Å². The van der Waals surface area contributed by atoms with Crippen molar-refractivity contribution in [2.75, 3.05) is 16.8 Å². The van der Waals surface area contributed by atoms with E-state index < -0.39 is 6.10 Å². The van der Waals surface area contributed by atoms with Gasteiger partial charge in [-0.2, -0.15) is 0 Å². The Morgan fingerprint density at radius 1 is 1.23 bits per heavy atom. The lowest BCUT2D eigenvalue weighted by Gasteiger charge is -2.33. The van der Waals surface area contributed by atoms with Gasteiger partial charge in [0.05, 0.1) is 12.1 Å². The molecule has 5 nitrogen and oxygen atoms in total. The highest BCUT2D eigenvalue weighted by atomic mass is 19.1. The van der Waals surface area contributed by atoms with Gasteiger partial charge in [-0.15, -0.1) is 0 Å². The van der Waals surface area contributed by atoms with Crippen LogP contribution >= 0.6 is 0 Å². The molecule has 1 unspecified atom stereocenters. The molecule has 2 aromatic carbocycles. The molecule has 1 heterocycles. The molecule has 0 fully saturated rings. The molecular weight excluding hydrogens is 335 g/mol. The molecule has 0 bridgehead atoms. The van der Waals surface area contributed by atoms with Gasteiger partial charge >= 0.3 is 0 Å². The van der Waals surface area contributed by atoms with Crippen molar-refractivity contribution in [3.8, 4) is 5.75 Å². The summed E-state index contributed by atoms with van der Waals surface area (Å²) < 4.78 is 18.6. The maximum Gasteiger partial charge on any atom is 0.267 e. The summed E-state index contributed by atoms with van der Waals surface area (Å²) in [5.74, 6) is -0.0271. The number of halogens is 1. The van der Waals surface area contributed by atoms with Crippen LogP contribution in [0.4, 0.5) is 15.8 Å². The topological polar surface area (TPSA) is 58.6 Å². The number of anilines is 2. The second-order valence-electron chi connectivity index (χ2n) is 6.28. The quantitative estimate of drug-likeness (QED) is 0.892. The van der Waals surface area contributed by atoms with E-state index in [2.05, 4.69) is 5.32 Å². The fourth-order valence-corrected chi connectivity index (χ4v) is 2.94. The molecule has 6 heteroatoms. The Hall–Kier alpha value is -2.89. The highest BCUT2D eigenvalue weighted by molar-refractivity contribution is 6.00. The Morgan fingerprint density at radius 3 is 2.65 bits per heavy atom. The number of benzene rings is 2. The zero-order valence-electron chi connectivity index (χ0n) is 14.8. The van der Waals surface area contributed by atoms with Crippen molar-refractivity contribution in [3.05, 3.63) is 53.8 Å². The number of ether oxygens (including phenoxy) is 1. The molecule has 2 amide bonds. The van der Waals surface area contributed by atoms with E-state index in [9.17, 15) is 14.0 Å². The van der Waals surface area contributed by atoms with Crippen molar-refractivity contribution in [1.82, 2.24) is 0 Å². The lowest BCUT2D eigenvalue weighted by Crippen LogP contribution is -2.44. The summed E-state index contributed by atoms with van der Waals surface area (Å²) in [7, 11) is 0. The van der Waals surface area contributed by atoms with E-state index in [0.717, 1.165) is 12.0 Å². The van der Waals surface area contributed by atoms with Crippen molar-refractivity contribution in [1.29, 1.82) is 0 Å². The van der Waals surface area contributed by atoms with E-state index in [1.807, 2.05) is 6.92 Å². The molecule has 1 N–H and O–H groups in total. The summed E-state index contributed by atoms with van der Waals surface area (Å²) in [6, 6.07) is 11.1.